The van der Waals surface area contributed by atoms with Crippen molar-refractivity contribution in [3.8, 4) is 0 Å². The van der Waals surface area contributed by atoms with Crippen LogP contribution in [0.1, 0.15) is 45.2 Å². The molecule has 0 saturated heterocycles. The van der Waals surface area contributed by atoms with Crippen molar-refractivity contribution in [2.45, 2.75) is 52.0 Å². The zero-order chi connectivity index (χ0) is 12.3. The summed E-state index contributed by atoms with van der Waals surface area (Å²) in [4.78, 5) is 0. The second kappa shape index (κ2) is 5.21. The van der Waals surface area contributed by atoms with Crippen molar-refractivity contribution < 1.29 is 0 Å². The van der Waals surface area contributed by atoms with Gasteiger partial charge in [-0.1, -0.05) is 20.3 Å². The second-order valence-corrected chi connectivity index (χ2v) is 5.84. The molecule has 1 aromatic rings. The van der Waals surface area contributed by atoms with Crippen molar-refractivity contribution in [1.29, 1.82) is 0 Å². The van der Waals surface area contributed by atoms with Crippen LogP contribution in [0.3, 0.4) is 0 Å². The highest BCUT2D eigenvalue weighted by molar-refractivity contribution is 5.02. The smallest absolute Gasteiger partial charge is 0.0492 e. The number of aryl methyl sites for hydroxylation is 2. The van der Waals surface area contributed by atoms with Gasteiger partial charge in [0.15, 0.2) is 0 Å². The van der Waals surface area contributed by atoms with Crippen LogP contribution >= 0.6 is 0 Å². The number of aromatic nitrogens is 2. The molecule has 0 amide bonds. The minimum Gasteiger partial charge on any atom is -0.314 e. The Bertz CT molecular complexity index is 350. The van der Waals surface area contributed by atoms with Crippen molar-refractivity contribution in [2.24, 2.45) is 12.5 Å². The van der Waals surface area contributed by atoms with E-state index in [1.165, 1.54) is 37.9 Å². The van der Waals surface area contributed by atoms with Gasteiger partial charge in [0.25, 0.3) is 0 Å². The van der Waals surface area contributed by atoms with Gasteiger partial charge in [0.1, 0.15) is 0 Å². The van der Waals surface area contributed by atoms with Gasteiger partial charge >= 0.3 is 0 Å². The maximum atomic E-state index is 4.24. The fraction of sp³-hybridized carbons (Fsp3) is 0.786. The molecule has 0 radical (unpaired) electrons. The molecule has 3 heteroatoms. The zero-order valence-electron chi connectivity index (χ0n) is 11.4. The SMILES string of the molecule is CC(C)NCC1(CCc2ccnn2C)CCC1. The predicted molar refractivity (Wildman–Crippen MR) is 71.0 cm³/mol. The molecule has 0 unspecified atom stereocenters. The van der Waals surface area contributed by atoms with Crippen LogP contribution in [0.4, 0.5) is 0 Å². The molecule has 3 nitrogen and oxygen atoms in total. The topological polar surface area (TPSA) is 29.9 Å². The molecule has 1 saturated carbocycles. The summed E-state index contributed by atoms with van der Waals surface area (Å²) in [5, 5.41) is 7.85. The number of nitrogens with one attached hydrogen (secondary N) is 1. The predicted octanol–water partition coefficient (Wildman–Crippen LogP) is 2.52. The third kappa shape index (κ3) is 3.09. The maximum Gasteiger partial charge on any atom is 0.0492 e. The minimum absolute atomic E-state index is 0.564. The van der Waals surface area contributed by atoms with Crippen LogP contribution in [-0.4, -0.2) is 22.4 Å². The molecule has 96 valence electrons. The number of hydrogen-bond acceptors (Lipinski definition) is 2. The molecule has 0 atom stereocenters. The fourth-order valence-electron chi connectivity index (χ4n) is 2.65. The summed E-state index contributed by atoms with van der Waals surface area (Å²) in [7, 11) is 2.04. The van der Waals surface area contributed by atoms with E-state index in [4.69, 9.17) is 0 Å². The van der Waals surface area contributed by atoms with E-state index in [-0.39, 0.29) is 0 Å². The average molecular weight is 235 g/mol. The highest BCUT2D eigenvalue weighted by Crippen LogP contribution is 2.44. The van der Waals surface area contributed by atoms with E-state index in [2.05, 4.69) is 30.3 Å². The van der Waals surface area contributed by atoms with Gasteiger partial charge in [0, 0.05) is 31.5 Å². The largest absolute Gasteiger partial charge is 0.314 e. The first kappa shape index (κ1) is 12.6. The van der Waals surface area contributed by atoms with Gasteiger partial charge in [0.2, 0.25) is 0 Å². The quantitative estimate of drug-likeness (QED) is 0.821. The summed E-state index contributed by atoms with van der Waals surface area (Å²) in [6.45, 7) is 5.64. The van der Waals surface area contributed by atoms with Crippen molar-refractivity contribution in [1.82, 2.24) is 15.1 Å². The molecule has 1 aromatic heterocycles. The minimum atomic E-state index is 0.564. The Morgan fingerprint density at radius 3 is 2.71 bits per heavy atom. The Balaban J connectivity index is 1.85. The van der Waals surface area contributed by atoms with E-state index in [0.29, 0.717) is 11.5 Å². The van der Waals surface area contributed by atoms with E-state index >= 15 is 0 Å². The van der Waals surface area contributed by atoms with Crippen molar-refractivity contribution >= 4 is 0 Å². The molecule has 1 aliphatic rings. The Labute approximate surface area is 105 Å². The third-order valence-electron chi connectivity index (χ3n) is 4.13. The van der Waals surface area contributed by atoms with E-state index in [1.54, 1.807) is 0 Å². The van der Waals surface area contributed by atoms with Gasteiger partial charge in [0.05, 0.1) is 0 Å². The summed E-state index contributed by atoms with van der Waals surface area (Å²) >= 11 is 0. The van der Waals surface area contributed by atoms with E-state index in [0.717, 1.165) is 6.42 Å². The summed E-state index contributed by atoms with van der Waals surface area (Å²) in [6, 6.07) is 2.74. The molecule has 2 rings (SSSR count). The van der Waals surface area contributed by atoms with Crippen LogP contribution in [0.2, 0.25) is 0 Å². The first-order valence-corrected chi connectivity index (χ1v) is 6.82. The van der Waals surface area contributed by atoms with E-state index < -0.39 is 0 Å². The molecular formula is C14H25N3. The Morgan fingerprint density at radius 1 is 1.47 bits per heavy atom. The molecule has 0 aliphatic heterocycles. The Hall–Kier alpha value is -0.830. The van der Waals surface area contributed by atoms with Gasteiger partial charge < -0.3 is 5.32 Å². The summed E-state index contributed by atoms with van der Waals surface area (Å²) in [6.07, 6.45) is 8.55. The zero-order valence-corrected chi connectivity index (χ0v) is 11.4. The Kier molecular flexibility index (Phi) is 3.87. The molecule has 1 N–H and O–H groups in total. The summed E-state index contributed by atoms with van der Waals surface area (Å²) in [5.41, 5.74) is 1.93. The van der Waals surface area contributed by atoms with Gasteiger partial charge in [-0.3, -0.25) is 4.68 Å². The number of nitrogens with zero attached hydrogens (tertiary/aromatic N) is 2. The Morgan fingerprint density at radius 2 is 2.24 bits per heavy atom. The van der Waals surface area contributed by atoms with Crippen molar-refractivity contribution in [2.75, 3.05) is 6.54 Å². The van der Waals surface area contributed by atoms with Crippen molar-refractivity contribution in [3.05, 3.63) is 18.0 Å². The van der Waals surface area contributed by atoms with Gasteiger partial charge in [-0.15, -0.1) is 0 Å². The molecular weight excluding hydrogens is 210 g/mol. The molecule has 0 aromatic carbocycles. The monoisotopic (exact) mass is 235 g/mol. The van der Waals surface area contributed by atoms with Crippen LogP contribution in [0.5, 0.6) is 0 Å². The van der Waals surface area contributed by atoms with Gasteiger partial charge in [-0.05, 0) is 37.2 Å². The normalized spacial score (nSPS) is 18.4. The lowest BCUT2D eigenvalue weighted by molar-refractivity contribution is 0.113. The van der Waals surface area contributed by atoms with Crippen LogP contribution in [-0.2, 0) is 13.5 Å². The van der Waals surface area contributed by atoms with Crippen LogP contribution in [0, 0.1) is 5.41 Å². The lowest BCUT2D eigenvalue weighted by Crippen LogP contribution is -2.42. The lowest BCUT2D eigenvalue weighted by Gasteiger charge is -2.43. The van der Waals surface area contributed by atoms with E-state index in [1.807, 2.05) is 17.9 Å². The first-order valence-electron chi connectivity index (χ1n) is 6.82. The second-order valence-electron chi connectivity index (χ2n) is 5.84. The van der Waals surface area contributed by atoms with E-state index in [9.17, 15) is 0 Å². The molecule has 0 bridgehead atoms. The summed E-state index contributed by atoms with van der Waals surface area (Å²) < 4.78 is 2.00. The lowest BCUT2D eigenvalue weighted by atomic mass is 9.65. The van der Waals surface area contributed by atoms with Crippen molar-refractivity contribution in [3.63, 3.8) is 0 Å². The molecule has 17 heavy (non-hydrogen) atoms. The summed E-state index contributed by atoms with van der Waals surface area (Å²) in [5.74, 6) is 0. The van der Waals surface area contributed by atoms with Crippen LogP contribution in [0.25, 0.3) is 0 Å². The standard InChI is InChI=1S/C14H25N3/c1-12(2)15-11-14(7-4-8-14)9-5-13-6-10-16-17(13)3/h6,10,12,15H,4-5,7-9,11H2,1-3H3. The third-order valence-corrected chi connectivity index (χ3v) is 4.13. The molecule has 1 heterocycles. The highest BCUT2D eigenvalue weighted by atomic mass is 15.2. The average Bonchev–Trinajstić information content (AvgIpc) is 2.62. The molecule has 1 fully saturated rings. The number of rotatable bonds is 6. The van der Waals surface area contributed by atoms with Crippen LogP contribution < -0.4 is 5.32 Å². The fourth-order valence-corrected chi connectivity index (χ4v) is 2.65. The van der Waals surface area contributed by atoms with Crippen LogP contribution in [0.15, 0.2) is 12.3 Å². The number of hydrogen-bond donors (Lipinski definition) is 1. The van der Waals surface area contributed by atoms with Gasteiger partial charge in [-0.25, -0.2) is 0 Å². The van der Waals surface area contributed by atoms with Gasteiger partial charge in [-0.2, -0.15) is 5.10 Å². The molecule has 1 aliphatic carbocycles. The molecule has 0 spiro atoms. The highest BCUT2D eigenvalue weighted by Gasteiger charge is 2.36. The first-order chi connectivity index (χ1) is 8.11. The maximum absolute atomic E-state index is 4.24.